The van der Waals surface area contributed by atoms with Gasteiger partial charge in [-0.1, -0.05) is 6.07 Å². The molecule has 4 heteroatoms. The number of nitrogens with one attached hydrogen (secondary N) is 1. The van der Waals surface area contributed by atoms with Crippen molar-refractivity contribution in [3.05, 3.63) is 29.6 Å². The fourth-order valence-electron chi connectivity index (χ4n) is 2.42. The summed E-state index contributed by atoms with van der Waals surface area (Å²) in [5, 5.41) is 3.37. The molecule has 1 saturated heterocycles. The maximum atomic E-state index is 14.2. The summed E-state index contributed by atoms with van der Waals surface area (Å²) < 4.78 is 19.6. The molecule has 1 N–H and O–H groups in total. The Labute approximate surface area is 121 Å². The van der Waals surface area contributed by atoms with Crippen molar-refractivity contribution >= 4 is 5.69 Å². The van der Waals surface area contributed by atoms with Gasteiger partial charge in [-0.25, -0.2) is 4.39 Å². The van der Waals surface area contributed by atoms with Gasteiger partial charge in [0.15, 0.2) is 0 Å². The summed E-state index contributed by atoms with van der Waals surface area (Å²) in [6, 6.07) is 5.51. The van der Waals surface area contributed by atoms with E-state index >= 15 is 0 Å². The second-order valence-electron chi connectivity index (χ2n) is 6.48. The highest BCUT2D eigenvalue weighted by Crippen LogP contribution is 2.25. The maximum absolute atomic E-state index is 14.2. The van der Waals surface area contributed by atoms with E-state index in [0.29, 0.717) is 12.2 Å². The molecule has 1 atom stereocenters. The fraction of sp³-hybridized carbons (Fsp3) is 0.625. The van der Waals surface area contributed by atoms with Crippen molar-refractivity contribution in [3.8, 4) is 0 Å². The third-order valence-corrected chi connectivity index (χ3v) is 3.65. The Bertz CT molecular complexity index is 456. The first-order valence-corrected chi connectivity index (χ1v) is 7.20. The molecule has 0 spiro atoms. The van der Waals surface area contributed by atoms with Crippen molar-refractivity contribution in [1.82, 2.24) is 5.32 Å². The average molecular weight is 280 g/mol. The predicted molar refractivity (Wildman–Crippen MR) is 80.6 cm³/mol. The van der Waals surface area contributed by atoms with E-state index in [1.54, 1.807) is 13.2 Å². The van der Waals surface area contributed by atoms with Gasteiger partial charge in [-0.2, -0.15) is 0 Å². The van der Waals surface area contributed by atoms with Gasteiger partial charge < -0.3 is 15.0 Å². The highest BCUT2D eigenvalue weighted by Gasteiger charge is 2.24. The summed E-state index contributed by atoms with van der Waals surface area (Å²) in [7, 11) is 1.71. The lowest BCUT2D eigenvalue weighted by atomic mass is 10.1. The largest absolute Gasteiger partial charge is 0.380 e. The topological polar surface area (TPSA) is 24.5 Å². The third-order valence-electron chi connectivity index (χ3n) is 3.65. The number of halogens is 1. The van der Waals surface area contributed by atoms with E-state index in [0.717, 1.165) is 25.1 Å². The molecule has 1 aromatic carbocycles. The number of hydrogen-bond acceptors (Lipinski definition) is 3. The van der Waals surface area contributed by atoms with Gasteiger partial charge in [0, 0.05) is 32.3 Å². The number of hydrogen-bond donors (Lipinski definition) is 1. The van der Waals surface area contributed by atoms with Crippen LogP contribution in [0.4, 0.5) is 10.1 Å². The minimum atomic E-state index is -0.144. The number of methoxy groups -OCH3 is 1. The molecule has 1 heterocycles. The van der Waals surface area contributed by atoms with Crippen LogP contribution in [-0.2, 0) is 11.3 Å². The van der Waals surface area contributed by atoms with Crippen LogP contribution in [0.15, 0.2) is 18.2 Å². The fourth-order valence-corrected chi connectivity index (χ4v) is 2.42. The van der Waals surface area contributed by atoms with Crippen LogP contribution in [0, 0.1) is 5.82 Å². The van der Waals surface area contributed by atoms with Crippen molar-refractivity contribution in [2.45, 2.75) is 45.4 Å². The van der Waals surface area contributed by atoms with Gasteiger partial charge in [-0.15, -0.1) is 0 Å². The molecule has 1 aliphatic rings. The number of nitrogens with zero attached hydrogens (tertiary/aromatic N) is 1. The lowest BCUT2D eigenvalue weighted by Gasteiger charge is -2.22. The Hall–Kier alpha value is -1.13. The standard InChI is InChI=1S/C16H25FN2O/c1-16(2,3)18-10-12-5-6-15(14(17)9-12)19-8-7-13(11-19)20-4/h5-6,9,13,18H,7-8,10-11H2,1-4H3. The Morgan fingerprint density at radius 2 is 2.15 bits per heavy atom. The van der Waals surface area contributed by atoms with E-state index in [2.05, 4.69) is 31.0 Å². The summed E-state index contributed by atoms with van der Waals surface area (Å²) in [4.78, 5) is 2.06. The second kappa shape index (κ2) is 6.10. The van der Waals surface area contributed by atoms with Gasteiger partial charge in [0.05, 0.1) is 11.8 Å². The zero-order chi connectivity index (χ0) is 14.8. The third kappa shape index (κ3) is 3.93. The molecular weight excluding hydrogens is 255 g/mol. The van der Waals surface area contributed by atoms with Crippen LogP contribution in [0.1, 0.15) is 32.8 Å². The van der Waals surface area contributed by atoms with Crippen molar-refractivity contribution in [2.75, 3.05) is 25.1 Å². The Morgan fingerprint density at radius 3 is 2.70 bits per heavy atom. The van der Waals surface area contributed by atoms with E-state index in [4.69, 9.17) is 4.74 Å². The normalized spacial score (nSPS) is 19.6. The molecule has 2 rings (SSSR count). The molecule has 0 aromatic heterocycles. The van der Waals surface area contributed by atoms with Crippen LogP contribution >= 0.6 is 0 Å². The molecule has 0 aliphatic carbocycles. The number of benzene rings is 1. The minimum absolute atomic E-state index is 0.0375. The van der Waals surface area contributed by atoms with Crippen molar-refractivity contribution in [1.29, 1.82) is 0 Å². The molecule has 1 aliphatic heterocycles. The quantitative estimate of drug-likeness (QED) is 0.917. The van der Waals surface area contributed by atoms with E-state index in [1.165, 1.54) is 0 Å². The number of rotatable bonds is 4. The first-order valence-electron chi connectivity index (χ1n) is 7.20. The Balaban J connectivity index is 2.03. The highest BCUT2D eigenvalue weighted by molar-refractivity contribution is 5.50. The Kier molecular flexibility index (Phi) is 4.66. The van der Waals surface area contributed by atoms with Crippen LogP contribution in [0.25, 0.3) is 0 Å². The molecule has 1 aromatic rings. The van der Waals surface area contributed by atoms with Gasteiger partial charge >= 0.3 is 0 Å². The maximum Gasteiger partial charge on any atom is 0.146 e. The van der Waals surface area contributed by atoms with Crippen molar-refractivity contribution in [2.24, 2.45) is 0 Å². The Morgan fingerprint density at radius 1 is 1.40 bits per heavy atom. The first-order chi connectivity index (χ1) is 9.39. The van der Waals surface area contributed by atoms with Crippen LogP contribution in [-0.4, -0.2) is 31.8 Å². The summed E-state index contributed by atoms with van der Waals surface area (Å²) in [5.41, 5.74) is 1.70. The monoisotopic (exact) mass is 280 g/mol. The first kappa shape index (κ1) is 15.3. The molecule has 0 saturated carbocycles. The zero-order valence-corrected chi connectivity index (χ0v) is 12.9. The lowest BCUT2D eigenvalue weighted by Crippen LogP contribution is -2.35. The van der Waals surface area contributed by atoms with Crippen LogP contribution in [0.2, 0.25) is 0 Å². The van der Waals surface area contributed by atoms with E-state index in [9.17, 15) is 4.39 Å². The molecule has 0 amide bonds. The molecule has 112 valence electrons. The molecule has 3 nitrogen and oxygen atoms in total. The van der Waals surface area contributed by atoms with Gasteiger partial charge in [0.1, 0.15) is 5.82 Å². The second-order valence-corrected chi connectivity index (χ2v) is 6.48. The van der Waals surface area contributed by atoms with Crippen LogP contribution < -0.4 is 10.2 Å². The predicted octanol–water partition coefficient (Wildman–Crippen LogP) is 2.94. The van der Waals surface area contributed by atoms with Gasteiger partial charge in [-0.05, 0) is 44.9 Å². The smallest absolute Gasteiger partial charge is 0.146 e. The van der Waals surface area contributed by atoms with E-state index < -0.39 is 0 Å². The number of ether oxygens (including phenoxy) is 1. The summed E-state index contributed by atoms with van der Waals surface area (Å²) in [6.07, 6.45) is 1.18. The molecule has 0 radical (unpaired) electrons. The summed E-state index contributed by atoms with van der Waals surface area (Å²) in [5.74, 6) is -0.144. The highest BCUT2D eigenvalue weighted by atomic mass is 19.1. The molecular formula is C16H25FN2O. The van der Waals surface area contributed by atoms with Crippen molar-refractivity contribution in [3.63, 3.8) is 0 Å². The molecule has 1 fully saturated rings. The molecule has 1 unspecified atom stereocenters. The molecule has 0 bridgehead atoms. The van der Waals surface area contributed by atoms with Gasteiger partial charge in [-0.3, -0.25) is 0 Å². The van der Waals surface area contributed by atoms with E-state index in [1.807, 2.05) is 12.1 Å². The summed E-state index contributed by atoms with van der Waals surface area (Å²) in [6.45, 7) is 8.62. The molecule has 20 heavy (non-hydrogen) atoms. The van der Waals surface area contributed by atoms with Gasteiger partial charge in [0.2, 0.25) is 0 Å². The minimum Gasteiger partial charge on any atom is -0.380 e. The van der Waals surface area contributed by atoms with Crippen LogP contribution in [0.5, 0.6) is 0 Å². The SMILES string of the molecule is COC1CCN(c2ccc(CNC(C)(C)C)cc2F)C1. The van der Waals surface area contributed by atoms with Crippen LogP contribution in [0.3, 0.4) is 0 Å². The van der Waals surface area contributed by atoms with Gasteiger partial charge in [0.25, 0.3) is 0 Å². The number of anilines is 1. The zero-order valence-electron chi connectivity index (χ0n) is 12.9. The van der Waals surface area contributed by atoms with E-state index in [-0.39, 0.29) is 17.5 Å². The average Bonchev–Trinajstić information content (AvgIpc) is 2.84. The van der Waals surface area contributed by atoms with Crippen molar-refractivity contribution < 1.29 is 9.13 Å². The lowest BCUT2D eigenvalue weighted by molar-refractivity contribution is 0.121. The summed E-state index contributed by atoms with van der Waals surface area (Å²) >= 11 is 0.